The molecule has 0 aliphatic heterocycles. The molecule has 1 unspecified atom stereocenters. The quantitative estimate of drug-likeness (QED) is 0.0691. The first kappa shape index (κ1) is 33.3. The van der Waals surface area contributed by atoms with Crippen molar-refractivity contribution >= 4 is 40.4 Å². The smallest absolute Gasteiger partial charge is 0.311 e. The van der Waals surface area contributed by atoms with Gasteiger partial charge in [-0.05, 0) is 78.9 Å². The van der Waals surface area contributed by atoms with Gasteiger partial charge in [0.25, 0.3) is 0 Å². The van der Waals surface area contributed by atoms with Gasteiger partial charge in [0.15, 0.2) is 0 Å². The largest absolute Gasteiger partial charge is 0.494 e. The molecule has 0 saturated carbocycles. The van der Waals surface area contributed by atoms with Gasteiger partial charge in [-0.2, -0.15) is 0 Å². The third-order valence-electron chi connectivity index (χ3n) is 7.89. The fraction of sp³-hybridized carbons (Fsp3) is 0.237. The van der Waals surface area contributed by atoms with Crippen molar-refractivity contribution in [3.05, 3.63) is 131 Å². The van der Waals surface area contributed by atoms with Gasteiger partial charge in [0, 0.05) is 21.6 Å². The lowest BCUT2D eigenvalue weighted by molar-refractivity contribution is -0.148. The number of fused-ring (bicyclic) bond motifs is 1. The molecule has 8 nitrogen and oxygen atoms in total. The van der Waals surface area contributed by atoms with Crippen LogP contribution in [0, 0.1) is 6.92 Å². The van der Waals surface area contributed by atoms with Crippen molar-refractivity contribution in [3.63, 3.8) is 0 Å². The third kappa shape index (κ3) is 9.01. The van der Waals surface area contributed by atoms with E-state index in [-0.39, 0.29) is 37.7 Å². The summed E-state index contributed by atoms with van der Waals surface area (Å²) in [6.07, 6.45) is 0.966. The van der Waals surface area contributed by atoms with E-state index >= 15 is 0 Å². The Bertz CT molecular complexity index is 1820. The van der Waals surface area contributed by atoms with Crippen LogP contribution in [0.2, 0.25) is 5.02 Å². The minimum atomic E-state index is -0.970. The number of hydrogen-bond acceptors (Lipinski definition) is 6. The lowest BCUT2D eigenvalue weighted by Crippen LogP contribution is -2.14. The average molecular weight is 654 g/mol. The van der Waals surface area contributed by atoms with Crippen LogP contribution in [0.1, 0.15) is 54.1 Å². The van der Waals surface area contributed by atoms with Gasteiger partial charge in [0.05, 0.1) is 31.9 Å². The predicted molar refractivity (Wildman–Crippen MR) is 180 cm³/mol. The molecule has 5 aromatic rings. The number of carbonyl (C=O) groups is 3. The SMILES string of the molecule is Cc1c(CC(=O)O)c2cc(OC(=O)CCC(=O)OCc3ccccc3)ccc2n1C(CCCOc1ccccc1)c1ccc(Cl)cc1. The van der Waals surface area contributed by atoms with Crippen LogP contribution < -0.4 is 9.47 Å². The van der Waals surface area contributed by atoms with Gasteiger partial charge in [-0.1, -0.05) is 72.3 Å². The van der Waals surface area contributed by atoms with Crippen molar-refractivity contribution in [2.45, 2.75) is 51.7 Å². The monoisotopic (exact) mass is 653 g/mol. The van der Waals surface area contributed by atoms with E-state index in [0.717, 1.165) is 34.5 Å². The second-order valence-corrected chi connectivity index (χ2v) is 11.6. The number of carbonyl (C=O) groups excluding carboxylic acids is 2. The lowest BCUT2D eigenvalue weighted by Gasteiger charge is -2.23. The summed E-state index contributed by atoms with van der Waals surface area (Å²) in [5, 5.41) is 11.1. The van der Waals surface area contributed by atoms with E-state index in [4.69, 9.17) is 25.8 Å². The zero-order chi connectivity index (χ0) is 33.2. The minimum Gasteiger partial charge on any atom is -0.494 e. The molecule has 5 rings (SSSR count). The molecule has 0 amide bonds. The molecule has 9 heteroatoms. The van der Waals surface area contributed by atoms with Gasteiger partial charge in [-0.15, -0.1) is 0 Å². The van der Waals surface area contributed by atoms with Gasteiger partial charge in [0.1, 0.15) is 18.1 Å². The Hall–Kier alpha value is -5.08. The number of aliphatic carboxylic acids is 1. The highest BCUT2D eigenvalue weighted by Gasteiger charge is 2.24. The van der Waals surface area contributed by atoms with Crippen molar-refractivity contribution in [2.75, 3.05) is 6.61 Å². The van der Waals surface area contributed by atoms with Crippen LogP contribution in [0.25, 0.3) is 10.9 Å². The zero-order valence-electron chi connectivity index (χ0n) is 26.1. The molecule has 1 aromatic heterocycles. The Labute approximate surface area is 278 Å². The molecule has 1 N–H and O–H groups in total. The molecular formula is C38H36ClNO7. The molecule has 242 valence electrons. The Morgan fingerprint density at radius 2 is 1.51 bits per heavy atom. The van der Waals surface area contributed by atoms with Crippen LogP contribution in [0.5, 0.6) is 11.5 Å². The highest BCUT2D eigenvalue weighted by atomic mass is 35.5. The van der Waals surface area contributed by atoms with E-state index < -0.39 is 17.9 Å². The number of nitrogens with zero attached hydrogens (tertiary/aromatic N) is 1. The summed E-state index contributed by atoms with van der Waals surface area (Å²) in [4.78, 5) is 36.9. The van der Waals surface area contributed by atoms with Crippen molar-refractivity contribution in [3.8, 4) is 11.5 Å². The molecule has 4 aromatic carbocycles. The summed E-state index contributed by atoms with van der Waals surface area (Å²) < 4.78 is 19.0. The minimum absolute atomic E-state index is 0.121. The zero-order valence-corrected chi connectivity index (χ0v) is 26.8. The van der Waals surface area contributed by atoms with Crippen molar-refractivity contribution < 1.29 is 33.7 Å². The van der Waals surface area contributed by atoms with Crippen LogP contribution >= 0.6 is 11.6 Å². The molecule has 0 saturated heterocycles. The van der Waals surface area contributed by atoms with Crippen LogP contribution in [-0.4, -0.2) is 34.2 Å². The number of rotatable bonds is 15. The van der Waals surface area contributed by atoms with E-state index in [9.17, 15) is 19.5 Å². The van der Waals surface area contributed by atoms with E-state index in [1.807, 2.05) is 97.9 Å². The second kappa shape index (κ2) is 16.0. The van der Waals surface area contributed by atoms with Crippen LogP contribution in [0.3, 0.4) is 0 Å². The topological polar surface area (TPSA) is 104 Å². The number of hydrogen-bond donors (Lipinski definition) is 1. The van der Waals surface area contributed by atoms with Gasteiger partial charge in [-0.3, -0.25) is 14.4 Å². The second-order valence-electron chi connectivity index (χ2n) is 11.2. The molecule has 0 radical (unpaired) electrons. The van der Waals surface area contributed by atoms with Crippen LogP contribution in [-0.2, 0) is 32.1 Å². The summed E-state index contributed by atoms with van der Waals surface area (Å²) >= 11 is 6.23. The van der Waals surface area contributed by atoms with E-state index in [1.165, 1.54) is 0 Å². The summed E-state index contributed by atoms with van der Waals surface area (Å²) in [5.41, 5.74) is 4.12. The van der Waals surface area contributed by atoms with Gasteiger partial charge < -0.3 is 23.9 Å². The standard InChI is InChI=1S/C38H36ClNO7/c1-26-32(24-36(41)42)33-23-31(47-38(44)21-20-37(43)46-25-27-9-4-2-5-10-27)18-19-35(33)40(26)34(28-14-16-29(39)17-15-28)13-8-22-45-30-11-6-3-7-12-30/h2-7,9-12,14-19,23,34H,8,13,20-22,24-25H2,1H3,(H,41,42). The first-order chi connectivity index (χ1) is 22.8. The Morgan fingerprint density at radius 1 is 0.830 bits per heavy atom. The Balaban J connectivity index is 1.35. The molecule has 0 aliphatic carbocycles. The van der Waals surface area contributed by atoms with Crippen molar-refractivity contribution in [1.29, 1.82) is 0 Å². The van der Waals surface area contributed by atoms with Gasteiger partial charge in [0.2, 0.25) is 0 Å². The summed E-state index contributed by atoms with van der Waals surface area (Å²) in [6, 6.07) is 31.6. The molecule has 0 aliphatic rings. The molecule has 0 fully saturated rings. The maximum Gasteiger partial charge on any atom is 0.311 e. The first-order valence-electron chi connectivity index (χ1n) is 15.5. The third-order valence-corrected chi connectivity index (χ3v) is 8.14. The van der Waals surface area contributed by atoms with Crippen molar-refractivity contribution in [1.82, 2.24) is 4.57 Å². The molecular weight excluding hydrogens is 618 g/mol. The fourth-order valence-electron chi connectivity index (χ4n) is 5.64. The molecule has 1 atom stereocenters. The van der Waals surface area contributed by atoms with Gasteiger partial charge >= 0.3 is 17.9 Å². The number of halogens is 1. The summed E-state index contributed by atoms with van der Waals surface area (Å²) in [5.74, 6) is -0.992. The fourth-order valence-corrected chi connectivity index (χ4v) is 5.76. The number of esters is 2. The molecule has 0 spiro atoms. The number of ether oxygens (including phenoxy) is 3. The Morgan fingerprint density at radius 3 is 2.21 bits per heavy atom. The first-order valence-corrected chi connectivity index (χ1v) is 15.8. The molecule has 0 bridgehead atoms. The number of para-hydroxylation sites is 1. The van der Waals surface area contributed by atoms with Crippen LogP contribution in [0.4, 0.5) is 0 Å². The molecule has 1 heterocycles. The van der Waals surface area contributed by atoms with E-state index in [2.05, 4.69) is 4.57 Å². The lowest BCUT2D eigenvalue weighted by atomic mass is 10.0. The number of aromatic nitrogens is 1. The number of carboxylic acids is 1. The number of carboxylic acid groups (broad SMARTS) is 1. The maximum atomic E-state index is 12.7. The van der Waals surface area contributed by atoms with Gasteiger partial charge in [-0.25, -0.2) is 0 Å². The highest BCUT2D eigenvalue weighted by Crippen LogP contribution is 2.37. The number of benzene rings is 4. The van der Waals surface area contributed by atoms with E-state index in [0.29, 0.717) is 29.0 Å². The average Bonchev–Trinajstić information content (AvgIpc) is 3.33. The predicted octanol–water partition coefficient (Wildman–Crippen LogP) is 8.11. The normalized spacial score (nSPS) is 11.6. The Kier molecular flexibility index (Phi) is 11.3. The summed E-state index contributed by atoms with van der Waals surface area (Å²) in [6.45, 7) is 2.55. The summed E-state index contributed by atoms with van der Waals surface area (Å²) in [7, 11) is 0. The van der Waals surface area contributed by atoms with Crippen LogP contribution in [0.15, 0.2) is 103 Å². The molecule has 47 heavy (non-hydrogen) atoms. The van der Waals surface area contributed by atoms with Crippen molar-refractivity contribution in [2.24, 2.45) is 0 Å². The maximum absolute atomic E-state index is 12.7. The van der Waals surface area contributed by atoms with E-state index in [1.54, 1.807) is 12.1 Å². The highest BCUT2D eigenvalue weighted by molar-refractivity contribution is 6.30.